The lowest BCUT2D eigenvalue weighted by atomic mass is 9.79. The third-order valence-corrected chi connectivity index (χ3v) is 4.79. The molecule has 0 saturated heterocycles. The van der Waals surface area contributed by atoms with E-state index < -0.39 is 5.91 Å². The minimum Gasteiger partial charge on any atom is -0.267 e. The first-order valence-electron chi connectivity index (χ1n) is 8.38. The summed E-state index contributed by atoms with van der Waals surface area (Å²) in [4.78, 5) is 11.9. The number of hydrogen-bond donors (Lipinski definition) is 0. The van der Waals surface area contributed by atoms with Crippen LogP contribution in [-0.2, 0) is 16.6 Å². The molecule has 0 aliphatic heterocycles. The van der Waals surface area contributed by atoms with Gasteiger partial charge in [0.05, 0.1) is 0 Å². The number of rotatable bonds is 2. The number of fused-ring (bicyclic) bond motifs is 1. The smallest absolute Gasteiger partial charge is 0.267 e. The topological polar surface area (TPSA) is 40.9 Å². The Morgan fingerprint density at radius 2 is 1.96 bits per heavy atom. The van der Waals surface area contributed by atoms with Crippen molar-refractivity contribution in [3.63, 3.8) is 0 Å². The lowest BCUT2D eigenvalue weighted by molar-refractivity contribution is -0.114. The molecule has 24 heavy (non-hydrogen) atoms. The number of hydrogen-bond acceptors (Lipinski definition) is 1. The Morgan fingerprint density at radius 1 is 1.25 bits per heavy atom. The molecule has 0 saturated carbocycles. The van der Waals surface area contributed by atoms with E-state index in [1.165, 1.54) is 22.3 Å². The number of amides is 1. The van der Waals surface area contributed by atoms with Crippen molar-refractivity contribution in [3.8, 4) is 0 Å². The highest BCUT2D eigenvalue weighted by atomic mass is 16.1. The molecule has 2 aliphatic rings. The first-order valence-corrected chi connectivity index (χ1v) is 8.38. The summed E-state index contributed by atoms with van der Waals surface area (Å²) < 4.78 is 0. The van der Waals surface area contributed by atoms with Gasteiger partial charge in [-0.15, -0.1) is 0 Å². The van der Waals surface area contributed by atoms with Crippen molar-refractivity contribution in [2.75, 3.05) is 0 Å². The average molecular weight is 318 g/mol. The Morgan fingerprint density at radius 3 is 2.58 bits per heavy atom. The van der Waals surface area contributed by atoms with Gasteiger partial charge >= 0.3 is 0 Å². The zero-order valence-electron chi connectivity index (χ0n) is 14.9. The largest absolute Gasteiger partial charge is 0.270 e. The molecule has 1 aromatic rings. The standard InChI is InChI=1S/C22H24NO/c1-13-9-15-11-16(22(3,4)5)12-19(18(15)10-13)20-14(2)7-6-8-17(20)21(23)24/h6,8-9,11-12,23H,2,7,10H2,1,3-5H3. The number of nitrogens with one attached hydrogen (secondary N) is 1. The molecule has 2 nitrogen and oxygen atoms in total. The van der Waals surface area contributed by atoms with Crippen LogP contribution >= 0.6 is 0 Å². The predicted octanol–water partition coefficient (Wildman–Crippen LogP) is 5.02. The van der Waals surface area contributed by atoms with Crippen LogP contribution in [0.1, 0.15) is 56.4 Å². The van der Waals surface area contributed by atoms with Gasteiger partial charge in [-0.3, -0.25) is 10.5 Å². The Labute approximate surface area is 144 Å². The van der Waals surface area contributed by atoms with E-state index in [1.54, 1.807) is 6.08 Å². The zero-order valence-corrected chi connectivity index (χ0v) is 14.9. The second-order valence-corrected chi connectivity index (χ2v) is 7.84. The van der Waals surface area contributed by atoms with Gasteiger partial charge in [0.1, 0.15) is 0 Å². The van der Waals surface area contributed by atoms with Crippen molar-refractivity contribution in [3.05, 3.63) is 69.8 Å². The SMILES string of the molecule is C=C1CC=CC(C([NH])=O)=C1c1cc(C(C)(C)C)cc2c1CC(C)=C2. The van der Waals surface area contributed by atoms with Crippen LogP contribution in [0.15, 0.2) is 47.6 Å². The summed E-state index contributed by atoms with van der Waals surface area (Å²) in [6.45, 7) is 12.9. The van der Waals surface area contributed by atoms with Gasteiger partial charge < -0.3 is 0 Å². The lowest BCUT2D eigenvalue weighted by Gasteiger charge is -2.25. The number of benzene rings is 1. The second kappa shape index (κ2) is 5.62. The van der Waals surface area contributed by atoms with Crippen molar-refractivity contribution in [2.45, 2.75) is 46.0 Å². The third-order valence-electron chi connectivity index (χ3n) is 4.79. The molecular weight excluding hydrogens is 294 g/mol. The fourth-order valence-corrected chi connectivity index (χ4v) is 3.49. The van der Waals surface area contributed by atoms with Gasteiger partial charge in [0.15, 0.2) is 0 Å². The third kappa shape index (κ3) is 2.77. The van der Waals surface area contributed by atoms with Crippen molar-refractivity contribution in [1.29, 1.82) is 0 Å². The molecule has 0 bridgehead atoms. The summed E-state index contributed by atoms with van der Waals surface area (Å²) in [6, 6.07) is 4.47. The van der Waals surface area contributed by atoms with Gasteiger partial charge in [0, 0.05) is 5.57 Å². The van der Waals surface area contributed by atoms with E-state index in [4.69, 9.17) is 5.73 Å². The highest BCUT2D eigenvalue weighted by Gasteiger charge is 2.26. The van der Waals surface area contributed by atoms with Crippen molar-refractivity contribution in [1.82, 2.24) is 5.73 Å². The summed E-state index contributed by atoms with van der Waals surface area (Å²) in [5, 5.41) is 0. The van der Waals surface area contributed by atoms with Crippen molar-refractivity contribution in [2.24, 2.45) is 0 Å². The Bertz CT molecular complexity index is 841. The van der Waals surface area contributed by atoms with Gasteiger partial charge in [0.2, 0.25) is 0 Å². The molecule has 0 heterocycles. The molecule has 2 heteroatoms. The van der Waals surface area contributed by atoms with Crippen LogP contribution in [0.5, 0.6) is 0 Å². The van der Waals surface area contributed by atoms with E-state index >= 15 is 0 Å². The molecular formula is C22H24NO. The molecule has 1 aromatic carbocycles. The van der Waals surface area contributed by atoms with Crippen molar-refractivity contribution < 1.29 is 4.79 Å². The van der Waals surface area contributed by atoms with E-state index in [1.807, 2.05) is 6.08 Å². The fraction of sp³-hybridized carbons (Fsp3) is 0.318. The quantitative estimate of drug-likeness (QED) is 0.754. The monoisotopic (exact) mass is 318 g/mol. The minimum absolute atomic E-state index is 0.0195. The second-order valence-electron chi connectivity index (χ2n) is 7.84. The molecule has 0 fully saturated rings. The van der Waals surface area contributed by atoms with Crippen LogP contribution < -0.4 is 5.73 Å². The van der Waals surface area contributed by atoms with Gasteiger partial charge in [-0.2, -0.15) is 0 Å². The molecule has 0 atom stereocenters. The van der Waals surface area contributed by atoms with E-state index in [9.17, 15) is 4.79 Å². The summed E-state index contributed by atoms with van der Waals surface area (Å²) >= 11 is 0. The first-order chi connectivity index (χ1) is 11.2. The molecule has 2 aliphatic carbocycles. The maximum atomic E-state index is 11.9. The zero-order chi connectivity index (χ0) is 17.6. The molecule has 1 amide bonds. The maximum Gasteiger partial charge on any atom is 0.270 e. The van der Waals surface area contributed by atoms with Gasteiger partial charge in [-0.05, 0) is 58.6 Å². The summed E-state index contributed by atoms with van der Waals surface area (Å²) in [6.07, 6.45) is 7.57. The average Bonchev–Trinajstić information content (AvgIpc) is 2.85. The van der Waals surface area contributed by atoms with Crippen LogP contribution in [0.4, 0.5) is 0 Å². The first kappa shape index (κ1) is 16.5. The van der Waals surface area contributed by atoms with E-state index in [-0.39, 0.29) is 5.41 Å². The number of allylic oxidation sites excluding steroid dienone is 4. The molecule has 1 radical (unpaired) electrons. The highest BCUT2D eigenvalue weighted by Crippen LogP contribution is 2.41. The minimum atomic E-state index is -0.639. The van der Waals surface area contributed by atoms with Crippen molar-refractivity contribution >= 4 is 17.6 Å². The van der Waals surface area contributed by atoms with Gasteiger partial charge in [-0.25, -0.2) is 0 Å². The van der Waals surface area contributed by atoms with E-state index in [0.29, 0.717) is 5.57 Å². The highest BCUT2D eigenvalue weighted by molar-refractivity contribution is 6.07. The van der Waals surface area contributed by atoms with Crippen LogP contribution in [0, 0.1) is 0 Å². The molecule has 0 spiro atoms. The maximum absolute atomic E-state index is 11.9. The molecule has 123 valence electrons. The summed E-state index contributed by atoms with van der Waals surface area (Å²) in [5.74, 6) is -0.639. The van der Waals surface area contributed by atoms with Crippen LogP contribution in [-0.4, -0.2) is 5.91 Å². The van der Waals surface area contributed by atoms with Crippen LogP contribution in [0.3, 0.4) is 0 Å². The van der Waals surface area contributed by atoms with Gasteiger partial charge in [0.25, 0.3) is 5.91 Å². The number of carbonyl (C=O) groups is 1. The summed E-state index contributed by atoms with van der Waals surface area (Å²) in [7, 11) is 0. The Kier molecular flexibility index (Phi) is 3.87. The molecule has 0 aromatic heterocycles. The number of carbonyl (C=O) groups excluding carboxylic acids is 1. The lowest BCUT2D eigenvalue weighted by Crippen LogP contribution is -2.14. The van der Waals surface area contributed by atoms with Crippen LogP contribution in [0.25, 0.3) is 11.6 Å². The fourth-order valence-electron chi connectivity index (χ4n) is 3.49. The summed E-state index contributed by atoms with van der Waals surface area (Å²) in [5.41, 5.74) is 16.1. The molecule has 1 N–H and O–H groups in total. The molecule has 3 rings (SSSR count). The van der Waals surface area contributed by atoms with Gasteiger partial charge in [-0.1, -0.05) is 63.3 Å². The van der Waals surface area contributed by atoms with E-state index in [0.717, 1.165) is 29.6 Å². The molecule has 0 unspecified atom stereocenters. The Balaban J connectivity index is 2.33. The van der Waals surface area contributed by atoms with Crippen LogP contribution in [0.2, 0.25) is 0 Å². The normalized spacial score (nSPS) is 17.2. The van der Waals surface area contributed by atoms with E-state index in [2.05, 4.69) is 52.5 Å². The predicted molar refractivity (Wildman–Crippen MR) is 100 cm³/mol. The Hall–Kier alpha value is -2.35.